The normalized spacial score (nSPS) is 9.53. The lowest BCUT2D eigenvalue weighted by Gasteiger charge is -2.03. The number of methoxy groups -OCH3 is 1. The Morgan fingerprint density at radius 2 is 1.82 bits per heavy atom. The summed E-state index contributed by atoms with van der Waals surface area (Å²) >= 11 is 0. The molecule has 0 unspecified atom stereocenters. The van der Waals surface area contributed by atoms with Gasteiger partial charge in [0.05, 0.1) is 7.11 Å². The van der Waals surface area contributed by atoms with Gasteiger partial charge in [0.15, 0.2) is 5.76 Å². The van der Waals surface area contributed by atoms with Crippen LogP contribution in [0.4, 0.5) is 9.59 Å². The molecular weight excluding hydrogens is 240 g/mol. The monoisotopic (exact) mass is 248 g/mol. The topological polar surface area (TPSA) is 114 Å². The fourth-order valence-corrected chi connectivity index (χ4v) is 0.718. The van der Waals surface area contributed by atoms with Crippen molar-refractivity contribution in [2.45, 2.75) is 6.92 Å². The summed E-state index contributed by atoms with van der Waals surface area (Å²) in [6, 6.07) is 0. The molecule has 0 spiro atoms. The van der Waals surface area contributed by atoms with E-state index in [1.807, 2.05) is 0 Å². The molecule has 0 saturated heterocycles. The molecule has 0 aliphatic rings. The number of rotatable bonds is 3. The maximum absolute atomic E-state index is 11.0. The van der Waals surface area contributed by atoms with Gasteiger partial charge in [-0.1, -0.05) is 0 Å². The van der Waals surface area contributed by atoms with E-state index in [-0.39, 0.29) is 5.76 Å². The molecule has 0 atom stereocenters. The Balaban J connectivity index is 2.37. The molecule has 1 rings (SSSR count). The molecule has 1 heterocycles. The summed E-state index contributed by atoms with van der Waals surface area (Å²) in [6.07, 6.45) is -2.26. The highest BCUT2D eigenvalue weighted by molar-refractivity contribution is 5.63. The van der Waals surface area contributed by atoms with E-state index in [1.165, 1.54) is 6.92 Å². The molecule has 1 aromatic heterocycles. The Kier molecular flexibility index (Phi) is 4.14. The molecule has 0 aromatic carbocycles. The van der Waals surface area contributed by atoms with Crippen LogP contribution in [0.5, 0.6) is 5.95 Å². The van der Waals surface area contributed by atoms with Crippen molar-refractivity contribution in [2.24, 2.45) is 0 Å². The van der Waals surface area contributed by atoms with Crippen molar-refractivity contribution in [1.29, 1.82) is 0 Å². The lowest BCUT2D eigenvalue weighted by Crippen LogP contribution is -2.15. The molecule has 0 aliphatic heterocycles. The maximum Gasteiger partial charge on any atom is 0.521 e. The molecule has 17 heavy (non-hydrogen) atoms. The van der Waals surface area contributed by atoms with Crippen molar-refractivity contribution >= 4 is 12.3 Å². The lowest BCUT2D eigenvalue weighted by atomic mass is 10.6. The first-order chi connectivity index (χ1) is 8.02. The molecule has 0 amide bonds. The van der Waals surface area contributed by atoms with Gasteiger partial charge in [-0.2, -0.15) is 0 Å². The first-order valence-electron chi connectivity index (χ1n) is 4.19. The number of carbonyl (C=O) groups is 2. The zero-order valence-corrected chi connectivity index (χ0v) is 8.88. The van der Waals surface area contributed by atoms with Crippen LogP contribution in [0.2, 0.25) is 0 Å². The van der Waals surface area contributed by atoms with Crippen LogP contribution in [0, 0.1) is 6.92 Å². The second-order valence-electron chi connectivity index (χ2n) is 2.51. The van der Waals surface area contributed by atoms with Crippen molar-refractivity contribution in [2.75, 3.05) is 13.9 Å². The van der Waals surface area contributed by atoms with Crippen molar-refractivity contribution in [1.82, 2.24) is 0 Å². The second kappa shape index (κ2) is 5.58. The summed E-state index contributed by atoms with van der Waals surface area (Å²) in [5, 5.41) is 0. The van der Waals surface area contributed by atoms with Crippen LogP contribution >= 0.6 is 0 Å². The molecule has 0 N–H and O–H groups in total. The van der Waals surface area contributed by atoms with Gasteiger partial charge >= 0.3 is 24.1 Å². The lowest BCUT2D eigenvalue weighted by molar-refractivity contribution is -0.0222. The highest BCUT2D eigenvalue weighted by Crippen LogP contribution is 2.15. The Bertz CT molecular complexity index is 454. The van der Waals surface area contributed by atoms with Gasteiger partial charge in [-0.15, -0.1) is 0 Å². The van der Waals surface area contributed by atoms with Crippen LogP contribution < -0.4 is 10.6 Å². The molecular formula is C8H8O9. The van der Waals surface area contributed by atoms with Crippen LogP contribution in [0.15, 0.2) is 13.6 Å². The summed E-state index contributed by atoms with van der Waals surface area (Å²) in [4.78, 5) is 32.0. The fourth-order valence-electron chi connectivity index (χ4n) is 0.718. The number of aryl methyl sites for hydroxylation is 1. The van der Waals surface area contributed by atoms with Crippen molar-refractivity contribution in [3.8, 4) is 5.95 Å². The van der Waals surface area contributed by atoms with Gasteiger partial charge in [-0.3, -0.25) is 0 Å². The number of carbonyl (C=O) groups excluding carboxylic acids is 2. The zero-order valence-electron chi connectivity index (χ0n) is 8.88. The third-order valence-corrected chi connectivity index (χ3v) is 1.40. The molecule has 0 aliphatic carbocycles. The number of hydrogen-bond donors (Lipinski definition) is 0. The predicted molar refractivity (Wildman–Crippen MR) is 47.4 cm³/mol. The van der Waals surface area contributed by atoms with Gasteiger partial charge < -0.3 is 27.8 Å². The number of ether oxygens (including phenoxy) is 4. The first kappa shape index (κ1) is 12.6. The Hall–Kier alpha value is -2.45. The summed E-state index contributed by atoms with van der Waals surface area (Å²) in [6.45, 7) is 0.644. The molecule has 9 nitrogen and oxygen atoms in total. The van der Waals surface area contributed by atoms with Crippen LogP contribution in [0.25, 0.3) is 0 Å². The Labute approximate surface area is 93.8 Å². The van der Waals surface area contributed by atoms with Gasteiger partial charge in [0.1, 0.15) is 0 Å². The standard InChI is InChI=1S/C8H8O9/c1-4-5(17-8(11)15-4)16-7(10)14-3-13-6(9)12-2/h3H2,1-2H3. The van der Waals surface area contributed by atoms with Crippen LogP contribution in [0.1, 0.15) is 5.76 Å². The first-order valence-corrected chi connectivity index (χ1v) is 4.19. The van der Waals surface area contributed by atoms with Gasteiger partial charge in [-0.25, -0.2) is 14.4 Å². The SMILES string of the molecule is COC(=O)OCOC(=O)Oc1oc(=O)oc1C. The van der Waals surface area contributed by atoms with E-state index in [2.05, 4.69) is 27.8 Å². The molecule has 9 heteroatoms. The summed E-state index contributed by atoms with van der Waals surface area (Å²) < 4.78 is 25.8. The second-order valence-corrected chi connectivity index (χ2v) is 2.51. The smallest absolute Gasteiger partial charge is 0.438 e. The molecule has 94 valence electrons. The third-order valence-electron chi connectivity index (χ3n) is 1.40. The minimum absolute atomic E-state index is 0.0270. The molecule has 0 fully saturated rings. The van der Waals surface area contributed by atoms with Gasteiger partial charge in [-0.05, 0) is 0 Å². The molecule has 1 aromatic rings. The summed E-state index contributed by atoms with van der Waals surface area (Å²) in [7, 11) is 1.09. The number of hydrogen-bond acceptors (Lipinski definition) is 9. The quantitative estimate of drug-likeness (QED) is 0.565. The van der Waals surface area contributed by atoms with E-state index in [0.29, 0.717) is 0 Å². The van der Waals surface area contributed by atoms with Crippen molar-refractivity contribution < 1.29 is 37.4 Å². The van der Waals surface area contributed by atoms with E-state index in [9.17, 15) is 14.4 Å². The molecule has 0 saturated carbocycles. The summed E-state index contributed by atoms with van der Waals surface area (Å²) in [5.74, 6) is -1.48. The summed E-state index contributed by atoms with van der Waals surface area (Å²) in [5.41, 5.74) is 0. The average molecular weight is 248 g/mol. The third kappa shape index (κ3) is 3.89. The van der Waals surface area contributed by atoms with Crippen LogP contribution in [-0.2, 0) is 14.2 Å². The van der Waals surface area contributed by atoms with Gasteiger partial charge in [0, 0.05) is 6.92 Å². The fraction of sp³-hybridized carbons (Fsp3) is 0.375. The van der Waals surface area contributed by atoms with Gasteiger partial charge in [0.25, 0.3) is 0 Å². The van der Waals surface area contributed by atoms with E-state index >= 15 is 0 Å². The van der Waals surface area contributed by atoms with E-state index in [0.717, 1.165) is 7.11 Å². The highest BCUT2D eigenvalue weighted by atomic mass is 16.8. The molecule has 0 radical (unpaired) electrons. The van der Waals surface area contributed by atoms with Crippen molar-refractivity contribution in [3.63, 3.8) is 0 Å². The minimum Gasteiger partial charge on any atom is -0.438 e. The van der Waals surface area contributed by atoms with Crippen LogP contribution in [-0.4, -0.2) is 26.2 Å². The van der Waals surface area contributed by atoms with E-state index < -0.39 is 30.9 Å². The van der Waals surface area contributed by atoms with E-state index in [4.69, 9.17) is 0 Å². The zero-order chi connectivity index (χ0) is 12.8. The van der Waals surface area contributed by atoms with E-state index in [1.54, 1.807) is 0 Å². The average Bonchev–Trinajstić information content (AvgIpc) is 2.57. The predicted octanol–water partition coefficient (Wildman–Crippen LogP) is 0.797. The highest BCUT2D eigenvalue weighted by Gasteiger charge is 2.16. The van der Waals surface area contributed by atoms with Gasteiger partial charge in [0.2, 0.25) is 6.79 Å². The minimum atomic E-state index is -1.23. The molecule has 0 bridgehead atoms. The van der Waals surface area contributed by atoms with Crippen molar-refractivity contribution in [3.05, 3.63) is 16.4 Å². The largest absolute Gasteiger partial charge is 0.521 e. The Morgan fingerprint density at radius 1 is 1.18 bits per heavy atom. The van der Waals surface area contributed by atoms with Crippen LogP contribution in [0.3, 0.4) is 0 Å². The maximum atomic E-state index is 11.0. The Morgan fingerprint density at radius 3 is 2.35 bits per heavy atom.